The van der Waals surface area contributed by atoms with E-state index >= 15 is 0 Å². The Morgan fingerprint density at radius 2 is 1.93 bits per heavy atom. The number of hydrogen-bond donors (Lipinski definition) is 1. The van der Waals surface area contributed by atoms with Crippen molar-refractivity contribution in [2.24, 2.45) is 0 Å². The summed E-state index contributed by atoms with van der Waals surface area (Å²) in [5.41, 5.74) is 1.69. The van der Waals surface area contributed by atoms with Crippen molar-refractivity contribution in [1.82, 2.24) is 9.71 Å². The molecule has 1 atom stereocenters. The highest BCUT2D eigenvalue weighted by molar-refractivity contribution is 7.89. The lowest BCUT2D eigenvalue weighted by molar-refractivity contribution is 0.305. The molecule has 0 fully saturated rings. The van der Waals surface area contributed by atoms with E-state index in [1.165, 1.54) is 0 Å². The van der Waals surface area contributed by atoms with Gasteiger partial charge in [-0.05, 0) is 48.9 Å². The van der Waals surface area contributed by atoms with Crippen LogP contribution in [0.3, 0.4) is 0 Å². The fourth-order valence-corrected chi connectivity index (χ4v) is 4.32. The topological polar surface area (TPSA) is 68.3 Å². The Labute approximate surface area is 168 Å². The summed E-state index contributed by atoms with van der Waals surface area (Å²) in [6.45, 7) is 2.10. The van der Waals surface area contributed by atoms with Gasteiger partial charge >= 0.3 is 0 Å². The number of hydrogen-bond acceptors (Lipinski definition) is 4. The standard InChI is InChI=1S/C20H18ClFN2O3S/c1-14(24-28(25,26)20-9-6-17(22)11-19(20)21)16-4-7-18(8-5-16)27-13-15-3-2-10-23-12-15/h2-12,14,24H,13H2,1H3. The first kappa shape index (κ1) is 20.3. The highest BCUT2D eigenvalue weighted by Gasteiger charge is 2.21. The predicted molar refractivity (Wildman–Crippen MR) is 105 cm³/mol. The van der Waals surface area contributed by atoms with Crippen molar-refractivity contribution in [2.75, 3.05) is 0 Å². The fraction of sp³-hybridized carbons (Fsp3) is 0.150. The third-order valence-electron chi connectivity index (χ3n) is 4.02. The molecule has 0 saturated carbocycles. The summed E-state index contributed by atoms with van der Waals surface area (Å²) in [6, 6.07) is 13.5. The molecule has 3 rings (SSSR count). The molecule has 1 heterocycles. The SMILES string of the molecule is CC(NS(=O)(=O)c1ccc(F)cc1Cl)c1ccc(OCc2cccnc2)cc1. The molecule has 28 heavy (non-hydrogen) atoms. The van der Waals surface area contributed by atoms with Crippen molar-refractivity contribution in [3.63, 3.8) is 0 Å². The Morgan fingerprint density at radius 1 is 1.18 bits per heavy atom. The summed E-state index contributed by atoms with van der Waals surface area (Å²) in [6.07, 6.45) is 3.42. The molecule has 0 radical (unpaired) electrons. The molecule has 0 aliphatic heterocycles. The number of rotatable bonds is 7. The van der Waals surface area contributed by atoms with Gasteiger partial charge in [-0.3, -0.25) is 4.98 Å². The molecule has 5 nitrogen and oxygen atoms in total. The van der Waals surface area contributed by atoms with Crippen molar-refractivity contribution in [2.45, 2.75) is 24.5 Å². The van der Waals surface area contributed by atoms with Gasteiger partial charge < -0.3 is 4.74 Å². The van der Waals surface area contributed by atoms with Crippen LogP contribution in [0.4, 0.5) is 4.39 Å². The van der Waals surface area contributed by atoms with Crippen LogP contribution in [0.25, 0.3) is 0 Å². The first-order valence-corrected chi connectivity index (χ1v) is 10.3. The largest absolute Gasteiger partial charge is 0.489 e. The van der Waals surface area contributed by atoms with E-state index in [0.29, 0.717) is 12.4 Å². The lowest BCUT2D eigenvalue weighted by Crippen LogP contribution is -2.27. The Hall–Kier alpha value is -2.48. The van der Waals surface area contributed by atoms with E-state index in [4.69, 9.17) is 16.3 Å². The smallest absolute Gasteiger partial charge is 0.242 e. The maximum absolute atomic E-state index is 13.2. The number of ether oxygens (including phenoxy) is 1. The van der Waals surface area contributed by atoms with E-state index in [1.54, 1.807) is 43.6 Å². The Kier molecular flexibility index (Phi) is 6.28. The number of nitrogens with one attached hydrogen (secondary N) is 1. The van der Waals surface area contributed by atoms with Crippen LogP contribution in [-0.4, -0.2) is 13.4 Å². The number of halogens is 2. The van der Waals surface area contributed by atoms with E-state index in [2.05, 4.69) is 9.71 Å². The monoisotopic (exact) mass is 420 g/mol. The van der Waals surface area contributed by atoms with E-state index in [1.807, 2.05) is 12.1 Å². The van der Waals surface area contributed by atoms with Gasteiger partial charge in [0.05, 0.1) is 5.02 Å². The van der Waals surface area contributed by atoms with Crippen LogP contribution in [0.1, 0.15) is 24.1 Å². The molecule has 1 unspecified atom stereocenters. The summed E-state index contributed by atoms with van der Waals surface area (Å²) >= 11 is 5.87. The molecule has 146 valence electrons. The fourth-order valence-electron chi connectivity index (χ4n) is 2.56. The summed E-state index contributed by atoms with van der Waals surface area (Å²) in [4.78, 5) is 3.86. The number of sulfonamides is 1. The Morgan fingerprint density at radius 3 is 2.57 bits per heavy atom. The lowest BCUT2D eigenvalue weighted by atomic mass is 10.1. The molecule has 0 amide bonds. The maximum Gasteiger partial charge on any atom is 0.242 e. The van der Waals surface area contributed by atoms with Crippen LogP contribution >= 0.6 is 11.6 Å². The summed E-state index contributed by atoms with van der Waals surface area (Å²) in [7, 11) is -3.90. The van der Waals surface area contributed by atoms with Crippen LogP contribution in [0, 0.1) is 5.82 Å². The van der Waals surface area contributed by atoms with E-state index in [9.17, 15) is 12.8 Å². The first-order valence-electron chi connectivity index (χ1n) is 8.44. The third-order valence-corrected chi connectivity index (χ3v) is 6.05. The summed E-state index contributed by atoms with van der Waals surface area (Å²) < 4.78 is 46.4. The van der Waals surface area contributed by atoms with Crippen LogP contribution in [0.5, 0.6) is 5.75 Å². The molecule has 0 aliphatic carbocycles. The second kappa shape index (κ2) is 8.68. The second-order valence-corrected chi connectivity index (χ2v) is 8.23. The summed E-state index contributed by atoms with van der Waals surface area (Å²) in [5.74, 6) is 0.0584. The minimum absolute atomic E-state index is 0.168. The zero-order valence-electron chi connectivity index (χ0n) is 15.0. The zero-order valence-corrected chi connectivity index (χ0v) is 16.5. The number of pyridine rings is 1. The van der Waals surface area contributed by atoms with Crippen LogP contribution in [0.2, 0.25) is 5.02 Å². The molecule has 0 spiro atoms. The third kappa shape index (κ3) is 5.07. The molecule has 3 aromatic rings. The molecule has 1 aromatic heterocycles. The number of benzene rings is 2. The van der Waals surface area contributed by atoms with Crippen LogP contribution in [-0.2, 0) is 16.6 Å². The van der Waals surface area contributed by atoms with Crippen molar-refractivity contribution < 1.29 is 17.5 Å². The van der Waals surface area contributed by atoms with Gasteiger partial charge in [0.1, 0.15) is 23.1 Å². The highest BCUT2D eigenvalue weighted by Crippen LogP contribution is 2.25. The maximum atomic E-state index is 13.2. The number of aromatic nitrogens is 1. The number of nitrogens with zero attached hydrogens (tertiary/aromatic N) is 1. The molecule has 1 N–H and O–H groups in total. The van der Waals surface area contributed by atoms with Crippen molar-refractivity contribution in [3.8, 4) is 5.75 Å². The molecular weight excluding hydrogens is 403 g/mol. The minimum atomic E-state index is -3.90. The molecular formula is C20H18ClFN2O3S. The Bertz CT molecular complexity index is 1040. The Balaban J connectivity index is 1.66. The lowest BCUT2D eigenvalue weighted by Gasteiger charge is -2.16. The van der Waals surface area contributed by atoms with Crippen molar-refractivity contribution in [1.29, 1.82) is 0 Å². The van der Waals surface area contributed by atoms with Gasteiger partial charge in [0, 0.05) is 24.0 Å². The first-order chi connectivity index (χ1) is 13.3. The molecule has 0 saturated heterocycles. The van der Waals surface area contributed by atoms with E-state index < -0.39 is 21.9 Å². The quantitative estimate of drug-likeness (QED) is 0.611. The minimum Gasteiger partial charge on any atom is -0.489 e. The van der Waals surface area contributed by atoms with Gasteiger partial charge in [-0.1, -0.05) is 29.8 Å². The van der Waals surface area contributed by atoms with Crippen LogP contribution in [0.15, 0.2) is 71.9 Å². The van der Waals surface area contributed by atoms with Crippen molar-refractivity contribution in [3.05, 3.63) is 89.0 Å². The highest BCUT2D eigenvalue weighted by atomic mass is 35.5. The van der Waals surface area contributed by atoms with Gasteiger partial charge in [0.25, 0.3) is 0 Å². The molecule has 0 aliphatic rings. The van der Waals surface area contributed by atoms with E-state index in [0.717, 1.165) is 29.3 Å². The van der Waals surface area contributed by atoms with Gasteiger partial charge in [0.15, 0.2) is 0 Å². The molecule has 2 aromatic carbocycles. The average Bonchev–Trinajstić information content (AvgIpc) is 2.67. The van der Waals surface area contributed by atoms with E-state index in [-0.39, 0.29) is 9.92 Å². The molecule has 8 heteroatoms. The van der Waals surface area contributed by atoms with Gasteiger partial charge in [-0.15, -0.1) is 0 Å². The van der Waals surface area contributed by atoms with Gasteiger partial charge in [0.2, 0.25) is 10.0 Å². The van der Waals surface area contributed by atoms with Crippen LogP contribution < -0.4 is 9.46 Å². The van der Waals surface area contributed by atoms with Gasteiger partial charge in [-0.25, -0.2) is 17.5 Å². The average molecular weight is 421 g/mol. The van der Waals surface area contributed by atoms with Gasteiger partial charge in [-0.2, -0.15) is 0 Å². The predicted octanol–water partition coefficient (Wildman–Crippen LogP) is 4.49. The molecule has 0 bridgehead atoms. The second-order valence-electron chi connectivity index (χ2n) is 6.14. The summed E-state index contributed by atoms with van der Waals surface area (Å²) in [5, 5.41) is -0.168. The zero-order chi connectivity index (χ0) is 20.1. The van der Waals surface area contributed by atoms with Crippen molar-refractivity contribution >= 4 is 21.6 Å². The normalized spacial score (nSPS) is 12.5.